The van der Waals surface area contributed by atoms with Crippen molar-refractivity contribution < 1.29 is 10.0 Å². The molecule has 0 saturated heterocycles. The van der Waals surface area contributed by atoms with E-state index < -0.39 is 7.12 Å². The van der Waals surface area contributed by atoms with Crippen molar-refractivity contribution in [2.24, 2.45) is 0 Å². The Balaban J connectivity index is 0.00000144. The van der Waals surface area contributed by atoms with Crippen molar-refractivity contribution in [3.63, 3.8) is 0 Å². The van der Waals surface area contributed by atoms with E-state index in [0.717, 1.165) is 5.82 Å². The molecule has 0 aromatic carbocycles. The molecule has 7 nitrogen and oxygen atoms in total. The summed E-state index contributed by atoms with van der Waals surface area (Å²) < 4.78 is 0. The minimum Gasteiger partial charge on any atom is -0.423 e. The Bertz CT molecular complexity index is 475. The quantitative estimate of drug-likeness (QED) is 0.543. The molecule has 2 aromatic rings. The highest BCUT2D eigenvalue weighted by atomic mass is 35.5. The van der Waals surface area contributed by atoms with Crippen LogP contribution in [0.3, 0.4) is 0 Å². The lowest BCUT2D eigenvalue weighted by Gasteiger charge is -2.01. The van der Waals surface area contributed by atoms with Crippen molar-refractivity contribution in [3.05, 3.63) is 24.4 Å². The maximum Gasteiger partial charge on any atom is 0.491 e. The first-order valence-corrected chi connectivity index (χ1v) is 4.62. The molecule has 0 bridgehead atoms. The SMILES string of the molecule is Cc1nc(Nc2ncc(B(O)O)cn2)c[nH]1.Cl. The second-order valence-electron chi connectivity index (χ2n) is 3.21. The average Bonchev–Trinajstić information content (AvgIpc) is 2.65. The van der Waals surface area contributed by atoms with Gasteiger partial charge in [-0.05, 0) is 6.92 Å². The molecule has 0 aliphatic carbocycles. The van der Waals surface area contributed by atoms with Gasteiger partial charge in [0.1, 0.15) is 5.82 Å². The summed E-state index contributed by atoms with van der Waals surface area (Å²) in [5.41, 5.74) is 0.240. The normalized spacial score (nSPS) is 9.59. The first-order chi connectivity index (χ1) is 7.65. The number of halogens is 1. The molecule has 0 amide bonds. The van der Waals surface area contributed by atoms with Crippen LogP contribution in [0.25, 0.3) is 0 Å². The number of nitrogens with one attached hydrogen (secondary N) is 2. The van der Waals surface area contributed by atoms with Gasteiger partial charge in [0.15, 0.2) is 5.82 Å². The molecule has 0 aliphatic heterocycles. The minimum atomic E-state index is -1.55. The van der Waals surface area contributed by atoms with Crippen molar-refractivity contribution in [3.8, 4) is 0 Å². The van der Waals surface area contributed by atoms with E-state index >= 15 is 0 Å². The predicted octanol–water partition coefficient (Wildman–Crippen LogP) is -0.647. The number of nitrogens with zero attached hydrogens (tertiary/aromatic N) is 3. The second kappa shape index (κ2) is 5.62. The summed E-state index contributed by atoms with van der Waals surface area (Å²) in [5, 5.41) is 20.6. The molecule has 0 radical (unpaired) electrons. The topological polar surface area (TPSA) is 107 Å². The van der Waals surface area contributed by atoms with Gasteiger partial charge in [-0.1, -0.05) is 0 Å². The van der Waals surface area contributed by atoms with E-state index in [1.54, 1.807) is 6.20 Å². The van der Waals surface area contributed by atoms with Crippen molar-refractivity contribution in [1.82, 2.24) is 19.9 Å². The smallest absolute Gasteiger partial charge is 0.423 e. The van der Waals surface area contributed by atoms with E-state index in [0.29, 0.717) is 11.8 Å². The molecule has 9 heteroatoms. The third kappa shape index (κ3) is 3.41. The Labute approximate surface area is 104 Å². The zero-order valence-electron chi connectivity index (χ0n) is 8.95. The van der Waals surface area contributed by atoms with E-state index in [-0.39, 0.29) is 17.9 Å². The van der Waals surface area contributed by atoms with Crippen molar-refractivity contribution in [2.75, 3.05) is 5.32 Å². The Morgan fingerprint density at radius 1 is 1.29 bits per heavy atom. The van der Waals surface area contributed by atoms with Gasteiger partial charge >= 0.3 is 7.12 Å². The Hall–Kier alpha value is -1.64. The molecule has 4 N–H and O–H groups in total. The van der Waals surface area contributed by atoms with Crippen LogP contribution in [0, 0.1) is 6.92 Å². The number of aromatic nitrogens is 4. The van der Waals surface area contributed by atoms with Crippen LogP contribution in [0.2, 0.25) is 0 Å². The summed E-state index contributed by atoms with van der Waals surface area (Å²) in [6.45, 7) is 1.83. The van der Waals surface area contributed by atoms with Crippen molar-refractivity contribution in [1.29, 1.82) is 0 Å². The molecular formula is C8H11BClN5O2. The summed E-state index contributed by atoms with van der Waals surface area (Å²) in [4.78, 5) is 14.8. The highest BCUT2D eigenvalue weighted by Crippen LogP contribution is 2.07. The Morgan fingerprint density at radius 3 is 2.41 bits per heavy atom. The molecule has 0 spiro atoms. The lowest BCUT2D eigenvalue weighted by Crippen LogP contribution is -2.30. The van der Waals surface area contributed by atoms with Gasteiger partial charge in [0.05, 0.1) is 0 Å². The van der Waals surface area contributed by atoms with Gasteiger partial charge < -0.3 is 20.3 Å². The predicted molar refractivity (Wildman–Crippen MR) is 65.7 cm³/mol. The third-order valence-electron chi connectivity index (χ3n) is 1.92. The molecular weight excluding hydrogens is 244 g/mol. The van der Waals surface area contributed by atoms with Gasteiger partial charge in [-0.25, -0.2) is 15.0 Å². The van der Waals surface area contributed by atoms with Crippen LogP contribution in [0.5, 0.6) is 0 Å². The zero-order valence-corrected chi connectivity index (χ0v) is 9.77. The Kier molecular flexibility index (Phi) is 4.44. The average molecular weight is 255 g/mol. The fraction of sp³-hybridized carbons (Fsp3) is 0.125. The maximum atomic E-state index is 8.85. The molecule has 0 fully saturated rings. The largest absolute Gasteiger partial charge is 0.491 e. The number of rotatable bonds is 3. The van der Waals surface area contributed by atoms with Gasteiger partial charge in [-0.15, -0.1) is 12.4 Å². The van der Waals surface area contributed by atoms with Crippen LogP contribution in [-0.2, 0) is 0 Å². The molecule has 2 aromatic heterocycles. The van der Waals surface area contributed by atoms with E-state index in [1.807, 2.05) is 6.92 Å². The molecule has 2 rings (SSSR count). The fourth-order valence-electron chi connectivity index (χ4n) is 1.13. The molecule has 0 unspecified atom stereocenters. The molecule has 90 valence electrons. The van der Waals surface area contributed by atoms with Crippen LogP contribution in [-0.4, -0.2) is 37.1 Å². The fourth-order valence-corrected chi connectivity index (χ4v) is 1.13. The molecule has 0 aliphatic rings. The molecule has 2 heterocycles. The van der Waals surface area contributed by atoms with Crippen LogP contribution in [0.1, 0.15) is 5.82 Å². The summed E-state index contributed by atoms with van der Waals surface area (Å²) >= 11 is 0. The highest BCUT2D eigenvalue weighted by Gasteiger charge is 2.11. The van der Waals surface area contributed by atoms with Crippen molar-refractivity contribution in [2.45, 2.75) is 6.92 Å². The Morgan fingerprint density at radius 2 is 1.94 bits per heavy atom. The van der Waals surface area contributed by atoms with Gasteiger partial charge in [0, 0.05) is 24.1 Å². The number of aromatic amines is 1. The first-order valence-electron chi connectivity index (χ1n) is 4.62. The van der Waals surface area contributed by atoms with Crippen LogP contribution >= 0.6 is 12.4 Å². The first kappa shape index (κ1) is 13.4. The van der Waals surface area contributed by atoms with E-state index in [2.05, 4.69) is 25.3 Å². The second-order valence-corrected chi connectivity index (χ2v) is 3.21. The van der Waals surface area contributed by atoms with Gasteiger partial charge in [-0.3, -0.25) is 0 Å². The summed E-state index contributed by atoms with van der Waals surface area (Å²) in [6, 6.07) is 0. The maximum absolute atomic E-state index is 8.85. The van der Waals surface area contributed by atoms with Crippen LogP contribution in [0.4, 0.5) is 11.8 Å². The lowest BCUT2D eigenvalue weighted by molar-refractivity contribution is 0.425. The molecule has 0 saturated carbocycles. The summed E-state index contributed by atoms with van der Waals surface area (Å²) in [5.74, 6) is 1.73. The molecule has 0 atom stereocenters. The lowest BCUT2D eigenvalue weighted by atomic mass is 9.83. The number of hydrogen-bond donors (Lipinski definition) is 4. The van der Waals surface area contributed by atoms with Gasteiger partial charge in [0.2, 0.25) is 5.95 Å². The standard InChI is InChI=1S/C8H10BN5O2.ClH/c1-5-10-4-7(13-5)14-8-11-2-6(3-12-8)9(15)16;/h2-4,15-16H,1H3,(H,10,13)(H,11,12,14);1H. The highest BCUT2D eigenvalue weighted by molar-refractivity contribution is 6.58. The van der Waals surface area contributed by atoms with E-state index in [4.69, 9.17) is 10.0 Å². The minimum absolute atomic E-state index is 0. The third-order valence-corrected chi connectivity index (χ3v) is 1.92. The van der Waals surface area contributed by atoms with Crippen LogP contribution < -0.4 is 10.8 Å². The molecule has 17 heavy (non-hydrogen) atoms. The van der Waals surface area contributed by atoms with Crippen LogP contribution in [0.15, 0.2) is 18.6 Å². The van der Waals surface area contributed by atoms with Crippen molar-refractivity contribution >= 4 is 36.8 Å². The zero-order chi connectivity index (χ0) is 11.5. The number of hydrogen-bond acceptors (Lipinski definition) is 6. The monoisotopic (exact) mass is 255 g/mol. The van der Waals surface area contributed by atoms with Gasteiger partial charge in [0.25, 0.3) is 0 Å². The number of imidazole rings is 1. The van der Waals surface area contributed by atoms with Gasteiger partial charge in [-0.2, -0.15) is 0 Å². The summed E-state index contributed by atoms with van der Waals surface area (Å²) in [7, 11) is -1.55. The van der Waals surface area contributed by atoms with E-state index in [9.17, 15) is 0 Å². The number of aryl methyl sites for hydroxylation is 1. The van der Waals surface area contributed by atoms with E-state index in [1.165, 1.54) is 12.4 Å². The number of H-pyrrole nitrogens is 1. The number of anilines is 2. The summed E-state index contributed by atoms with van der Waals surface area (Å²) in [6.07, 6.45) is 4.35.